The highest BCUT2D eigenvalue weighted by Gasteiger charge is 2.45. The Bertz CT molecular complexity index is 1300. The molecule has 0 amide bonds. The maximum Gasteiger partial charge on any atom is 0.119 e. The molecule has 0 spiro atoms. The quantitative estimate of drug-likeness (QED) is 0.263. The van der Waals surface area contributed by atoms with Gasteiger partial charge in [-0.2, -0.15) is 0 Å². The Balaban J connectivity index is 1.21. The van der Waals surface area contributed by atoms with Crippen LogP contribution in [0.2, 0.25) is 0 Å². The van der Waals surface area contributed by atoms with Gasteiger partial charge in [0, 0.05) is 47.0 Å². The van der Waals surface area contributed by atoms with Crippen molar-refractivity contribution >= 4 is 5.69 Å². The Morgan fingerprint density at radius 3 is 2.27 bits per heavy atom. The second-order valence-electron chi connectivity index (χ2n) is 15.1. The average Bonchev–Trinajstić information content (AvgIpc) is 3.09. The van der Waals surface area contributed by atoms with Crippen molar-refractivity contribution < 1.29 is 4.74 Å². The van der Waals surface area contributed by atoms with Gasteiger partial charge < -0.3 is 9.64 Å². The molecule has 0 aliphatic heterocycles. The largest absolute Gasteiger partial charge is 0.497 e. The molecule has 45 heavy (non-hydrogen) atoms. The van der Waals surface area contributed by atoms with E-state index in [1.807, 2.05) is 0 Å². The number of hydrogen-bond donors (Lipinski definition) is 0. The molecule has 3 heteroatoms. The lowest BCUT2D eigenvalue weighted by Gasteiger charge is -2.54. The first-order chi connectivity index (χ1) is 22.2. The average molecular weight is 607 g/mol. The van der Waals surface area contributed by atoms with Gasteiger partial charge in [0.2, 0.25) is 0 Å². The molecule has 0 aromatic heterocycles. The summed E-state index contributed by atoms with van der Waals surface area (Å²) < 4.78 is 5.60. The number of methoxy groups -OCH3 is 1. The standard InChI is InChI=1S/C42H58N2O/c1-4-36(30(2)43(33-18-6-5-7-19-33)40-22-12-16-31-14-8-10-20-37(31)40)39-28-29-42(39)44(34-24-26-35(45-3)27-25-34)41-23-13-17-32-15-9-11-21-38(32)41/h8,10,13-14,17,20,23-27,29-33,36-40H,4-7,9,11-12,15-16,18-19,21-22,28H2,1-3H3/t30-,31?,32?,36-,37?,38?,39+,40?/m1/s1. The van der Waals surface area contributed by atoms with Gasteiger partial charge in [-0.05, 0) is 106 Å². The van der Waals surface area contributed by atoms with E-state index in [1.54, 1.807) is 12.8 Å². The van der Waals surface area contributed by atoms with E-state index in [4.69, 9.17) is 4.74 Å². The summed E-state index contributed by atoms with van der Waals surface area (Å²) in [4.78, 5) is 5.85. The van der Waals surface area contributed by atoms with Gasteiger partial charge in [-0.1, -0.05) is 94.4 Å². The summed E-state index contributed by atoms with van der Waals surface area (Å²) in [6, 6.07) is 10.9. The van der Waals surface area contributed by atoms with Crippen LogP contribution in [-0.2, 0) is 0 Å². The molecule has 6 aliphatic rings. The number of fused-ring (bicyclic) bond motifs is 2. The van der Waals surface area contributed by atoms with Crippen molar-refractivity contribution in [2.24, 2.45) is 35.5 Å². The van der Waals surface area contributed by atoms with Crippen molar-refractivity contribution in [3.05, 3.63) is 84.3 Å². The molecular weight excluding hydrogens is 548 g/mol. The Morgan fingerprint density at radius 1 is 0.778 bits per heavy atom. The first kappa shape index (κ1) is 31.1. The topological polar surface area (TPSA) is 15.7 Å². The van der Waals surface area contributed by atoms with Gasteiger partial charge in [-0.15, -0.1) is 0 Å². The van der Waals surface area contributed by atoms with Crippen LogP contribution in [0.15, 0.2) is 84.3 Å². The summed E-state index contributed by atoms with van der Waals surface area (Å²) in [5.74, 6) is 4.89. The van der Waals surface area contributed by atoms with E-state index in [0.29, 0.717) is 41.7 Å². The SMILES string of the molecule is CC[C@@H]([C@@H]1CC=C1N(C1=CC=CC2CCCCC12)c1ccc(OC)cc1)[C@@H](C)N(C1CCCCC1)C1CCCC2C=CC=CC21. The zero-order chi connectivity index (χ0) is 30.8. The molecule has 3 fully saturated rings. The molecule has 6 aliphatic carbocycles. The van der Waals surface area contributed by atoms with Crippen LogP contribution in [0.25, 0.3) is 0 Å². The lowest BCUT2D eigenvalue weighted by Crippen LogP contribution is -2.57. The van der Waals surface area contributed by atoms with E-state index in [2.05, 4.69) is 96.5 Å². The summed E-state index contributed by atoms with van der Waals surface area (Å²) in [6.07, 6.45) is 38.6. The maximum absolute atomic E-state index is 5.60. The third-order valence-corrected chi connectivity index (χ3v) is 12.9. The van der Waals surface area contributed by atoms with E-state index in [-0.39, 0.29) is 0 Å². The molecule has 0 radical (unpaired) electrons. The van der Waals surface area contributed by atoms with Gasteiger partial charge in [0.1, 0.15) is 5.75 Å². The fourth-order valence-corrected chi connectivity index (χ4v) is 10.6. The highest BCUT2D eigenvalue weighted by Crippen LogP contribution is 2.50. The summed E-state index contributed by atoms with van der Waals surface area (Å²) >= 11 is 0. The van der Waals surface area contributed by atoms with E-state index >= 15 is 0 Å². The van der Waals surface area contributed by atoms with Crippen LogP contribution in [0.5, 0.6) is 5.75 Å². The fraction of sp³-hybridized carbons (Fsp3) is 0.619. The molecule has 0 bridgehead atoms. The fourth-order valence-electron chi connectivity index (χ4n) is 10.6. The summed E-state index contributed by atoms with van der Waals surface area (Å²) in [5.41, 5.74) is 4.40. The summed E-state index contributed by atoms with van der Waals surface area (Å²) in [7, 11) is 1.78. The predicted molar refractivity (Wildman–Crippen MR) is 189 cm³/mol. The van der Waals surface area contributed by atoms with Crippen molar-refractivity contribution in [3.8, 4) is 5.75 Å². The highest BCUT2D eigenvalue weighted by molar-refractivity contribution is 5.62. The Hall–Kier alpha value is -2.52. The zero-order valence-corrected chi connectivity index (χ0v) is 28.3. The Labute approximate surface area is 274 Å². The van der Waals surface area contributed by atoms with Gasteiger partial charge in [0.15, 0.2) is 0 Å². The van der Waals surface area contributed by atoms with Crippen LogP contribution in [0.4, 0.5) is 5.69 Å². The molecule has 1 aromatic carbocycles. The van der Waals surface area contributed by atoms with Crippen LogP contribution >= 0.6 is 0 Å². The van der Waals surface area contributed by atoms with E-state index in [0.717, 1.165) is 17.7 Å². The highest BCUT2D eigenvalue weighted by atomic mass is 16.5. The number of nitrogens with zero attached hydrogens (tertiary/aromatic N) is 2. The van der Waals surface area contributed by atoms with E-state index < -0.39 is 0 Å². The third-order valence-electron chi connectivity index (χ3n) is 12.9. The van der Waals surface area contributed by atoms with Gasteiger partial charge in [0.05, 0.1) is 7.11 Å². The molecule has 242 valence electrons. The smallest absolute Gasteiger partial charge is 0.119 e. The zero-order valence-electron chi connectivity index (χ0n) is 28.3. The van der Waals surface area contributed by atoms with Gasteiger partial charge in [0.25, 0.3) is 0 Å². The predicted octanol–water partition coefficient (Wildman–Crippen LogP) is 10.6. The van der Waals surface area contributed by atoms with Gasteiger partial charge in [-0.25, -0.2) is 0 Å². The van der Waals surface area contributed by atoms with Gasteiger partial charge >= 0.3 is 0 Å². The number of hydrogen-bond acceptors (Lipinski definition) is 3. The molecule has 0 heterocycles. The van der Waals surface area contributed by atoms with Crippen LogP contribution in [0.1, 0.15) is 104 Å². The van der Waals surface area contributed by atoms with Crippen molar-refractivity contribution in [2.75, 3.05) is 12.0 Å². The van der Waals surface area contributed by atoms with Crippen molar-refractivity contribution in [3.63, 3.8) is 0 Å². The molecule has 5 unspecified atom stereocenters. The van der Waals surface area contributed by atoms with Crippen LogP contribution in [-0.4, -0.2) is 30.1 Å². The first-order valence-electron chi connectivity index (χ1n) is 18.8. The minimum Gasteiger partial charge on any atom is -0.497 e. The third kappa shape index (κ3) is 6.16. The minimum absolute atomic E-state index is 0.579. The number of ether oxygens (including phenoxy) is 1. The van der Waals surface area contributed by atoms with E-state index in [1.165, 1.54) is 101 Å². The molecule has 7 rings (SSSR count). The number of rotatable bonds is 10. The van der Waals surface area contributed by atoms with Crippen LogP contribution in [0, 0.1) is 35.5 Å². The summed E-state index contributed by atoms with van der Waals surface area (Å²) in [5, 5.41) is 0. The second-order valence-corrected chi connectivity index (χ2v) is 15.1. The van der Waals surface area contributed by atoms with Crippen molar-refractivity contribution in [1.82, 2.24) is 4.90 Å². The molecule has 1 aromatic rings. The molecule has 8 atom stereocenters. The normalized spacial score (nSPS) is 32.5. The second kappa shape index (κ2) is 14.1. The van der Waals surface area contributed by atoms with Crippen LogP contribution < -0.4 is 9.64 Å². The van der Waals surface area contributed by atoms with Gasteiger partial charge in [-0.3, -0.25) is 4.90 Å². The first-order valence-corrected chi connectivity index (χ1v) is 18.8. The Morgan fingerprint density at radius 2 is 1.51 bits per heavy atom. The number of benzene rings is 1. The summed E-state index contributed by atoms with van der Waals surface area (Å²) in [6.45, 7) is 5.13. The van der Waals surface area contributed by atoms with Crippen LogP contribution in [0.3, 0.4) is 0 Å². The lowest BCUT2D eigenvalue weighted by atomic mass is 9.69. The lowest BCUT2D eigenvalue weighted by molar-refractivity contribution is -0.0149. The number of allylic oxidation sites excluding steroid dienone is 9. The monoisotopic (exact) mass is 606 g/mol. The minimum atomic E-state index is 0.579. The molecular formula is C42H58N2O. The molecule has 0 N–H and O–H groups in total. The van der Waals surface area contributed by atoms with Crippen molar-refractivity contribution in [2.45, 2.75) is 122 Å². The Kier molecular flexibility index (Phi) is 9.73. The molecule has 0 saturated heterocycles. The van der Waals surface area contributed by atoms with E-state index in [9.17, 15) is 0 Å². The molecule has 3 saturated carbocycles. The number of anilines is 1. The molecule has 3 nitrogen and oxygen atoms in total. The van der Waals surface area contributed by atoms with Crippen molar-refractivity contribution in [1.29, 1.82) is 0 Å². The maximum atomic E-state index is 5.60.